The van der Waals surface area contributed by atoms with Gasteiger partial charge in [-0.3, -0.25) is 19.2 Å². The van der Waals surface area contributed by atoms with Crippen LogP contribution in [0.5, 0.6) is 0 Å². The van der Waals surface area contributed by atoms with E-state index in [1.165, 1.54) is 0 Å². The van der Waals surface area contributed by atoms with Crippen molar-refractivity contribution >= 4 is 54.8 Å². The number of halogens is 6. The molecule has 2 aromatic carbocycles. The maximum absolute atomic E-state index is 14.0. The van der Waals surface area contributed by atoms with Gasteiger partial charge in [-0.05, 0) is 59.2 Å². The maximum atomic E-state index is 14.0. The molecule has 0 saturated carbocycles. The van der Waals surface area contributed by atoms with Gasteiger partial charge in [-0.15, -0.1) is 0 Å². The van der Waals surface area contributed by atoms with Crippen molar-refractivity contribution in [3.63, 3.8) is 0 Å². The summed E-state index contributed by atoms with van der Waals surface area (Å²) in [6.45, 7) is -1.83. The molecule has 5 rings (SSSR count). The summed E-state index contributed by atoms with van der Waals surface area (Å²) >= 11 is 0. The van der Waals surface area contributed by atoms with Crippen LogP contribution in [0.25, 0.3) is 0 Å². The molecule has 3 heterocycles. The summed E-state index contributed by atoms with van der Waals surface area (Å²) in [6.07, 6.45) is -11.8. The van der Waals surface area contributed by atoms with E-state index in [1.54, 1.807) is 0 Å². The lowest BCUT2D eigenvalue weighted by Crippen LogP contribution is -2.51. The number of carboxylic acids is 2. The number of carbonyl (C=O) groups excluding carboxylic acids is 3. The van der Waals surface area contributed by atoms with Crippen LogP contribution in [0, 0.1) is 0 Å². The third-order valence-corrected chi connectivity index (χ3v) is 8.45. The van der Waals surface area contributed by atoms with Crippen LogP contribution in [0.1, 0.15) is 62.2 Å². The van der Waals surface area contributed by atoms with Crippen molar-refractivity contribution in [3.8, 4) is 0 Å². The van der Waals surface area contributed by atoms with Gasteiger partial charge in [0.2, 0.25) is 5.91 Å². The molecule has 0 aromatic heterocycles. The Kier molecular flexibility index (Phi) is 9.94. The second-order valence-electron chi connectivity index (χ2n) is 11.7. The van der Waals surface area contributed by atoms with Crippen molar-refractivity contribution in [1.82, 2.24) is 15.5 Å². The zero-order valence-corrected chi connectivity index (χ0v) is 25.3. The fourth-order valence-corrected chi connectivity index (χ4v) is 6.06. The fraction of sp³-hybridized carbons (Fsp3) is 0.393. The van der Waals surface area contributed by atoms with Crippen LogP contribution in [0.3, 0.4) is 0 Å². The highest BCUT2D eigenvalue weighted by Gasteiger charge is 2.45. The second-order valence-corrected chi connectivity index (χ2v) is 11.7. The highest BCUT2D eigenvalue weighted by Crippen LogP contribution is 2.36. The van der Waals surface area contributed by atoms with Crippen LogP contribution in [0.15, 0.2) is 24.3 Å². The monoisotopic (exact) mass is 715 g/mol. The zero-order valence-electron chi connectivity index (χ0n) is 25.3. The molecule has 0 bridgehead atoms. The average Bonchev–Trinajstić information content (AvgIpc) is 3.73. The summed E-state index contributed by atoms with van der Waals surface area (Å²) in [4.78, 5) is 63.9. The van der Waals surface area contributed by atoms with E-state index in [4.69, 9.17) is 14.4 Å². The molecule has 3 atom stereocenters. The molecule has 1 fully saturated rings. The Balaban J connectivity index is 1.47. The van der Waals surface area contributed by atoms with Gasteiger partial charge in [0, 0.05) is 30.1 Å². The normalized spacial score (nSPS) is 19.2. The topological polar surface area (TPSA) is 212 Å². The van der Waals surface area contributed by atoms with Gasteiger partial charge in [-0.2, -0.15) is 26.3 Å². The Morgan fingerprint density at radius 1 is 0.860 bits per heavy atom. The number of carboxylic acid groups (broad SMARTS) is 2. The molecule has 0 aliphatic carbocycles. The Morgan fingerprint density at radius 3 is 1.88 bits per heavy atom. The van der Waals surface area contributed by atoms with Crippen LogP contribution in [0.4, 0.5) is 26.3 Å². The molecule has 22 heteroatoms. The molecule has 1 saturated heterocycles. The van der Waals surface area contributed by atoms with Gasteiger partial charge in [0.1, 0.15) is 12.1 Å². The van der Waals surface area contributed by atoms with Gasteiger partial charge < -0.3 is 45.1 Å². The second kappa shape index (κ2) is 13.6. The lowest BCUT2D eigenvalue weighted by atomic mass is 9.77. The standard InChI is InChI=1S/C28H25B2F6N3O11/c31-27(32,33)16-3-11(5-18-14(16)9-49-29(18)47)23(42)37-13-7-21(24(43)38-20(26(45)46)1-2-22(40)41)39(8-13)25(44)12-4-17(28(34,35)36)15-10-50-30(48)19(15)6-12/h3-6,13,20-21,47-48H,1-2,7-10H2,(H,37,42)(H,38,43)(H,40,41)(H,45,46)/t13-,20+,21+/m1/s1. The summed E-state index contributed by atoms with van der Waals surface area (Å²) in [5.41, 5.74) is -5.37. The third kappa shape index (κ3) is 7.42. The smallest absolute Gasteiger partial charge is 0.481 e. The number of likely N-dealkylation sites (tertiary alicyclic amines) is 1. The fourth-order valence-electron chi connectivity index (χ4n) is 6.06. The van der Waals surface area contributed by atoms with Crippen LogP contribution in [0.2, 0.25) is 0 Å². The van der Waals surface area contributed by atoms with Crippen molar-refractivity contribution in [1.29, 1.82) is 0 Å². The van der Waals surface area contributed by atoms with Gasteiger partial charge in [-0.1, -0.05) is 0 Å². The van der Waals surface area contributed by atoms with Crippen LogP contribution >= 0.6 is 0 Å². The number of nitrogens with zero attached hydrogens (tertiary/aromatic N) is 1. The van der Waals surface area contributed by atoms with E-state index in [0.29, 0.717) is 17.0 Å². The molecule has 0 spiro atoms. The molecule has 50 heavy (non-hydrogen) atoms. The summed E-state index contributed by atoms with van der Waals surface area (Å²) in [5.74, 6) is -6.62. The maximum Gasteiger partial charge on any atom is 0.491 e. The Bertz CT molecular complexity index is 1760. The van der Waals surface area contributed by atoms with Crippen LogP contribution in [-0.4, -0.2) is 93.7 Å². The first kappa shape index (κ1) is 36.6. The molecule has 3 aliphatic heterocycles. The number of nitrogens with one attached hydrogen (secondary N) is 2. The molecule has 2 aromatic rings. The minimum atomic E-state index is -5.02. The molecule has 6 N–H and O–H groups in total. The largest absolute Gasteiger partial charge is 0.491 e. The van der Waals surface area contributed by atoms with E-state index in [0.717, 1.165) is 12.1 Å². The van der Waals surface area contributed by atoms with Crippen molar-refractivity contribution in [3.05, 3.63) is 57.6 Å². The number of rotatable bonds is 9. The third-order valence-electron chi connectivity index (χ3n) is 8.45. The van der Waals surface area contributed by atoms with Crippen LogP contribution in [-0.2, 0) is 49.3 Å². The first-order valence-electron chi connectivity index (χ1n) is 14.7. The van der Waals surface area contributed by atoms with Gasteiger partial charge in [0.25, 0.3) is 11.8 Å². The average molecular weight is 715 g/mol. The number of aliphatic carboxylic acids is 2. The van der Waals surface area contributed by atoms with E-state index < -0.39 is 147 Å². The van der Waals surface area contributed by atoms with Crippen molar-refractivity contribution in [2.24, 2.45) is 0 Å². The molecular formula is C28H25B2F6N3O11. The summed E-state index contributed by atoms with van der Waals surface area (Å²) < 4.78 is 93.0. The highest BCUT2D eigenvalue weighted by atomic mass is 19.4. The Morgan fingerprint density at radius 2 is 1.38 bits per heavy atom. The minimum absolute atomic E-state index is 0.324. The SMILES string of the molecule is O=C(O)CC[C@H](NC(=O)[C@@H]1C[C@@H](NC(=O)c2cc3c(c(C(F)(F)F)c2)COB3O)CN1C(=O)c1cc2c(c(C(F)(F)F)c1)COB2O)C(=O)O. The first-order valence-corrected chi connectivity index (χ1v) is 14.7. The lowest BCUT2D eigenvalue weighted by Gasteiger charge is -2.26. The van der Waals surface area contributed by atoms with E-state index in [2.05, 4.69) is 10.6 Å². The van der Waals surface area contributed by atoms with E-state index >= 15 is 0 Å². The minimum Gasteiger partial charge on any atom is -0.481 e. The predicted octanol–water partition coefficient (Wildman–Crippen LogP) is -0.393. The zero-order chi connectivity index (χ0) is 36.9. The Hall–Kier alpha value is -4.66. The summed E-state index contributed by atoms with van der Waals surface area (Å²) in [5, 5.41) is 43.0. The number of carbonyl (C=O) groups is 5. The molecule has 3 aliphatic rings. The number of amides is 3. The van der Waals surface area contributed by atoms with Gasteiger partial charge in [0.15, 0.2) is 0 Å². The first-order chi connectivity index (χ1) is 23.3. The number of hydrogen-bond acceptors (Lipinski definition) is 9. The summed E-state index contributed by atoms with van der Waals surface area (Å²) in [7, 11) is -3.60. The molecule has 14 nitrogen and oxygen atoms in total. The molecule has 266 valence electrons. The van der Waals surface area contributed by atoms with Crippen molar-refractivity contribution < 1.29 is 79.9 Å². The van der Waals surface area contributed by atoms with E-state index in [9.17, 15) is 65.5 Å². The van der Waals surface area contributed by atoms with Gasteiger partial charge >= 0.3 is 38.5 Å². The number of benzene rings is 2. The van der Waals surface area contributed by atoms with E-state index in [-0.39, 0.29) is 10.9 Å². The number of fused-ring (bicyclic) bond motifs is 2. The molecule has 0 unspecified atom stereocenters. The highest BCUT2D eigenvalue weighted by molar-refractivity contribution is 6.62. The quantitative estimate of drug-likeness (QED) is 0.145. The predicted molar refractivity (Wildman–Crippen MR) is 155 cm³/mol. The van der Waals surface area contributed by atoms with Crippen molar-refractivity contribution in [2.45, 2.75) is 63.0 Å². The summed E-state index contributed by atoms with van der Waals surface area (Å²) in [6, 6.07) is -1.89. The lowest BCUT2D eigenvalue weighted by molar-refractivity contribution is -0.143. The molecule has 3 amide bonds. The van der Waals surface area contributed by atoms with Gasteiger partial charge in [-0.25, -0.2) is 4.79 Å². The van der Waals surface area contributed by atoms with Crippen LogP contribution < -0.4 is 21.6 Å². The molecular weight excluding hydrogens is 690 g/mol. The van der Waals surface area contributed by atoms with Crippen molar-refractivity contribution in [2.75, 3.05) is 6.54 Å². The Labute approximate surface area is 277 Å². The number of alkyl halides is 6. The number of hydrogen-bond donors (Lipinski definition) is 6. The van der Waals surface area contributed by atoms with Gasteiger partial charge in [0.05, 0.1) is 24.3 Å². The molecule has 0 radical (unpaired) electrons. The van der Waals surface area contributed by atoms with E-state index in [1.807, 2.05) is 0 Å².